The van der Waals surface area contributed by atoms with Gasteiger partial charge in [-0.15, -0.1) is 6.58 Å². The van der Waals surface area contributed by atoms with Crippen molar-refractivity contribution in [3.05, 3.63) is 54.6 Å². The van der Waals surface area contributed by atoms with Gasteiger partial charge in [0.1, 0.15) is 0 Å². The fourth-order valence-electron chi connectivity index (χ4n) is 1.27. The summed E-state index contributed by atoms with van der Waals surface area (Å²) in [4.78, 5) is 11.1. The first-order valence-electron chi connectivity index (χ1n) is 4.72. The molecule has 0 amide bonds. The molecule has 15 heavy (non-hydrogen) atoms. The van der Waals surface area contributed by atoms with Gasteiger partial charge in [-0.05, 0) is 17.6 Å². The molecule has 1 rings (SSSR count). The minimum atomic E-state index is -0.337. The van der Waals surface area contributed by atoms with E-state index in [9.17, 15) is 4.79 Å². The third-order valence-electron chi connectivity index (χ3n) is 2.00. The Hall–Kier alpha value is -1.83. The fourth-order valence-corrected chi connectivity index (χ4v) is 1.27. The van der Waals surface area contributed by atoms with Crippen molar-refractivity contribution in [1.29, 1.82) is 0 Å². The van der Waals surface area contributed by atoms with Crippen LogP contribution in [-0.4, -0.2) is 13.1 Å². The van der Waals surface area contributed by atoms with Gasteiger partial charge in [0.05, 0.1) is 7.11 Å². The number of benzene rings is 1. The number of esters is 1. The number of hydrogen-bond donors (Lipinski definition) is 0. The zero-order valence-corrected chi connectivity index (χ0v) is 8.77. The van der Waals surface area contributed by atoms with Crippen molar-refractivity contribution < 1.29 is 9.53 Å². The van der Waals surface area contributed by atoms with Gasteiger partial charge in [0.15, 0.2) is 0 Å². The lowest BCUT2D eigenvalue weighted by Gasteiger charge is -2.04. The molecule has 0 spiro atoms. The Morgan fingerprint density at radius 1 is 1.40 bits per heavy atom. The van der Waals surface area contributed by atoms with Gasteiger partial charge in [-0.25, -0.2) is 4.79 Å². The van der Waals surface area contributed by atoms with Gasteiger partial charge in [-0.1, -0.05) is 36.4 Å². The van der Waals surface area contributed by atoms with E-state index in [1.54, 1.807) is 6.08 Å². The van der Waals surface area contributed by atoms with Crippen LogP contribution in [0.4, 0.5) is 0 Å². The number of rotatable bonds is 4. The summed E-state index contributed by atoms with van der Waals surface area (Å²) in [6.45, 7) is 3.67. The lowest BCUT2D eigenvalue weighted by Crippen LogP contribution is -1.96. The topological polar surface area (TPSA) is 26.3 Å². The van der Waals surface area contributed by atoms with Crippen LogP contribution in [0, 0.1) is 0 Å². The third-order valence-corrected chi connectivity index (χ3v) is 2.00. The summed E-state index contributed by atoms with van der Waals surface area (Å²) in [7, 11) is 1.37. The summed E-state index contributed by atoms with van der Waals surface area (Å²) < 4.78 is 4.60. The Balaban J connectivity index is 2.97. The molecule has 0 N–H and O–H groups in total. The molecule has 0 aliphatic carbocycles. The van der Waals surface area contributed by atoms with Crippen LogP contribution in [-0.2, 0) is 9.53 Å². The molecule has 0 atom stereocenters. The molecule has 0 unspecified atom stereocenters. The van der Waals surface area contributed by atoms with E-state index in [0.29, 0.717) is 6.42 Å². The van der Waals surface area contributed by atoms with Crippen LogP contribution in [0.2, 0.25) is 0 Å². The molecule has 78 valence electrons. The number of hydrogen-bond acceptors (Lipinski definition) is 2. The molecule has 1 aromatic rings. The van der Waals surface area contributed by atoms with Crippen molar-refractivity contribution in [2.45, 2.75) is 6.42 Å². The molecule has 0 aromatic heterocycles. The Labute approximate surface area is 89.9 Å². The van der Waals surface area contributed by atoms with E-state index < -0.39 is 0 Å². The molecule has 0 aliphatic rings. The number of ether oxygens (including phenoxy) is 1. The van der Waals surface area contributed by atoms with Crippen LogP contribution in [0.1, 0.15) is 12.0 Å². The van der Waals surface area contributed by atoms with Crippen molar-refractivity contribution in [2.75, 3.05) is 7.11 Å². The van der Waals surface area contributed by atoms with Gasteiger partial charge in [0, 0.05) is 6.08 Å². The summed E-state index contributed by atoms with van der Waals surface area (Å²) >= 11 is 0. The standard InChI is InChI=1S/C13H14O2/c1-3-7-12(10-13(14)15-2)11-8-5-4-6-9-11/h3-6,8-10H,1,7H2,2H3. The molecular formula is C13H14O2. The highest BCUT2D eigenvalue weighted by Crippen LogP contribution is 2.18. The molecule has 0 radical (unpaired) electrons. The van der Waals surface area contributed by atoms with Crippen LogP contribution < -0.4 is 0 Å². The monoisotopic (exact) mass is 202 g/mol. The molecule has 2 nitrogen and oxygen atoms in total. The van der Waals surface area contributed by atoms with E-state index >= 15 is 0 Å². The van der Waals surface area contributed by atoms with Crippen LogP contribution >= 0.6 is 0 Å². The lowest BCUT2D eigenvalue weighted by molar-refractivity contribution is -0.134. The Bertz CT molecular complexity index is 363. The smallest absolute Gasteiger partial charge is 0.330 e. The van der Waals surface area contributed by atoms with Crippen LogP contribution in [0.3, 0.4) is 0 Å². The van der Waals surface area contributed by atoms with Crippen LogP contribution in [0.5, 0.6) is 0 Å². The van der Waals surface area contributed by atoms with Gasteiger partial charge in [0.2, 0.25) is 0 Å². The maximum absolute atomic E-state index is 11.1. The number of carbonyl (C=O) groups excluding carboxylic acids is 1. The van der Waals surface area contributed by atoms with E-state index in [4.69, 9.17) is 0 Å². The summed E-state index contributed by atoms with van der Waals surface area (Å²) in [6.07, 6.45) is 3.91. The van der Waals surface area contributed by atoms with Crippen molar-refractivity contribution in [1.82, 2.24) is 0 Å². The molecule has 0 heterocycles. The highest BCUT2D eigenvalue weighted by molar-refractivity contribution is 5.91. The number of carbonyl (C=O) groups is 1. The fraction of sp³-hybridized carbons (Fsp3) is 0.154. The third kappa shape index (κ3) is 3.43. The number of methoxy groups -OCH3 is 1. The summed E-state index contributed by atoms with van der Waals surface area (Å²) in [5.41, 5.74) is 1.93. The molecule has 0 aliphatic heterocycles. The van der Waals surface area contributed by atoms with E-state index in [-0.39, 0.29) is 5.97 Å². The average molecular weight is 202 g/mol. The molecule has 0 fully saturated rings. The van der Waals surface area contributed by atoms with Gasteiger partial charge >= 0.3 is 5.97 Å². The molecule has 0 saturated heterocycles. The van der Waals surface area contributed by atoms with Gasteiger partial charge in [-0.2, -0.15) is 0 Å². The first kappa shape index (κ1) is 11.2. The maximum Gasteiger partial charge on any atom is 0.330 e. The van der Waals surface area contributed by atoms with E-state index in [1.165, 1.54) is 13.2 Å². The van der Waals surface area contributed by atoms with Gasteiger partial charge in [0.25, 0.3) is 0 Å². The minimum Gasteiger partial charge on any atom is -0.466 e. The lowest BCUT2D eigenvalue weighted by atomic mass is 10.0. The zero-order valence-electron chi connectivity index (χ0n) is 8.77. The molecular weight excluding hydrogens is 188 g/mol. The molecule has 0 bridgehead atoms. The largest absolute Gasteiger partial charge is 0.466 e. The second-order valence-corrected chi connectivity index (χ2v) is 3.05. The highest BCUT2D eigenvalue weighted by atomic mass is 16.5. The van der Waals surface area contributed by atoms with E-state index in [2.05, 4.69) is 11.3 Å². The SMILES string of the molecule is C=CCC(=CC(=O)OC)c1ccccc1. The average Bonchev–Trinajstić information content (AvgIpc) is 2.29. The predicted octanol–water partition coefficient (Wildman–Crippen LogP) is 2.82. The maximum atomic E-state index is 11.1. The summed E-state index contributed by atoms with van der Waals surface area (Å²) in [5, 5.41) is 0. The predicted molar refractivity (Wildman–Crippen MR) is 61.2 cm³/mol. The Morgan fingerprint density at radius 3 is 2.60 bits per heavy atom. The van der Waals surface area contributed by atoms with Gasteiger partial charge in [-0.3, -0.25) is 0 Å². The highest BCUT2D eigenvalue weighted by Gasteiger charge is 2.02. The molecule has 2 heteroatoms. The number of allylic oxidation sites excluding steroid dienone is 2. The van der Waals surface area contributed by atoms with Crippen molar-refractivity contribution in [3.8, 4) is 0 Å². The van der Waals surface area contributed by atoms with Crippen LogP contribution in [0.25, 0.3) is 5.57 Å². The second-order valence-electron chi connectivity index (χ2n) is 3.05. The van der Waals surface area contributed by atoms with E-state index in [0.717, 1.165) is 11.1 Å². The second kappa shape index (κ2) is 5.81. The normalized spacial score (nSPS) is 10.9. The molecule has 0 saturated carbocycles. The quantitative estimate of drug-likeness (QED) is 0.426. The molecule has 1 aromatic carbocycles. The summed E-state index contributed by atoms with van der Waals surface area (Å²) in [6, 6.07) is 9.72. The van der Waals surface area contributed by atoms with Gasteiger partial charge < -0.3 is 4.74 Å². The Kier molecular flexibility index (Phi) is 4.35. The van der Waals surface area contributed by atoms with E-state index in [1.807, 2.05) is 30.3 Å². The zero-order chi connectivity index (χ0) is 11.1. The van der Waals surface area contributed by atoms with Crippen molar-refractivity contribution in [3.63, 3.8) is 0 Å². The Morgan fingerprint density at radius 2 is 2.07 bits per heavy atom. The summed E-state index contributed by atoms with van der Waals surface area (Å²) in [5.74, 6) is -0.337. The van der Waals surface area contributed by atoms with Crippen LogP contribution in [0.15, 0.2) is 49.1 Å². The minimum absolute atomic E-state index is 0.337. The van der Waals surface area contributed by atoms with Crippen molar-refractivity contribution in [2.24, 2.45) is 0 Å². The first-order valence-corrected chi connectivity index (χ1v) is 4.72. The van der Waals surface area contributed by atoms with Crippen molar-refractivity contribution >= 4 is 11.5 Å². The first-order chi connectivity index (χ1) is 7.27.